The van der Waals surface area contributed by atoms with Gasteiger partial charge in [0.2, 0.25) is 10.0 Å². The Labute approximate surface area is 149 Å². The van der Waals surface area contributed by atoms with Crippen molar-refractivity contribution in [3.05, 3.63) is 52.8 Å². The number of carbonyl (C=O) groups excluding carboxylic acids is 1. The third kappa shape index (κ3) is 3.72. The zero-order valence-corrected chi connectivity index (χ0v) is 16.2. The molecule has 0 aliphatic heterocycles. The fourth-order valence-electron chi connectivity index (χ4n) is 2.47. The summed E-state index contributed by atoms with van der Waals surface area (Å²) in [5.41, 5.74) is 3.24. The predicted molar refractivity (Wildman–Crippen MR) is 98.5 cm³/mol. The molecule has 6 nitrogen and oxygen atoms in total. The maximum Gasteiger partial charge on any atom is 0.258 e. The summed E-state index contributed by atoms with van der Waals surface area (Å²) in [7, 11) is 0.982. The Bertz CT molecular complexity index is 921. The maximum absolute atomic E-state index is 12.9. The van der Waals surface area contributed by atoms with Crippen LogP contribution in [0.4, 0.5) is 5.69 Å². The van der Waals surface area contributed by atoms with Gasteiger partial charge in [-0.3, -0.25) is 9.78 Å². The Kier molecular flexibility index (Phi) is 5.29. The summed E-state index contributed by atoms with van der Waals surface area (Å²) >= 11 is 0. The van der Waals surface area contributed by atoms with Crippen LogP contribution in [0.5, 0.6) is 0 Å². The van der Waals surface area contributed by atoms with Gasteiger partial charge < -0.3 is 4.90 Å². The molecule has 134 valence electrons. The van der Waals surface area contributed by atoms with Crippen LogP contribution in [0.2, 0.25) is 0 Å². The van der Waals surface area contributed by atoms with E-state index in [0.717, 1.165) is 15.6 Å². The zero-order valence-electron chi connectivity index (χ0n) is 15.4. The van der Waals surface area contributed by atoms with Crippen LogP contribution in [0.3, 0.4) is 0 Å². The van der Waals surface area contributed by atoms with E-state index in [9.17, 15) is 13.2 Å². The first-order valence-electron chi connectivity index (χ1n) is 7.80. The third-order valence-corrected chi connectivity index (χ3v) is 6.14. The molecule has 2 rings (SSSR count). The molecule has 0 radical (unpaired) electrons. The Morgan fingerprint density at radius 2 is 1.68 bits per heavy atom. The molecule has 0 bridgehead atoms. The van der Waals surface area contributed by atoms with Crippen molar-refractivity contribution in [3.63, 3.8) is 0 Å². The lowest BCUT2D eigenvalue weighted by Crippen LogP contribution is -2.28. The van der Waals surface area contributed by atoms with Crippen molar-refractivity contribution in [2.45, 2.75) is 25.7 Å². The average molecular weight is 361 g/mol. The normalized spacial score (nSPS) is 11.6. The number of nitrogens with zero attached hydrogens (tertiary/aromatic N) is 3. The van der Waals surface area contributed by atoms with Crippen LogP contribution in [0.25, 0.3) is 0 Å². The molecule has 25 heavy (non-hydrogen) atoms. The number of aryl methyl sites for hydroxylation is 2. The lowest BCUT2D eigenvalue weighted by atomic mass is 10.1. The Balaban J connectivity index is 2.53. The standard InChI is InChI=1S/C18H23N3O3S/c1-12-9-15(11-17(14(12)3)25(23,24)20(4)5)18(22)21(6)16-7-8-19-13(2)10-16/h7-11H,1-6H3. The third-order valence-electron chi connectivity index (χ3n) is 4.20. The number of pyridine rings is 1. The Morgan fingerprint density at radius 1 is 1.04 bits per heavy atom. The van der Waals surface area contributed by atoms with Crippen LogP contribution in [0, 0.1) is 20.8 Å². The fourth-order valence-corrected chi connectivity index (χ4v) is 3.68. The summed E-state index contributed by atoms with van der Waals surface area (Å²) < 4.78 is 26.3. The van der Waals surface area contributed by atoms with Crippen LogP contribution in [-0.4, -0.2) is 44.8 Å². The molecule has 2 aromatic rings. The van der Waals surface area contributed by atoms with Crippen LogP contribution in [-0.2, 0) is 10.0 Å². The zero-order chi connectivity index (χ0) is 18.9. The van der Waals surface area contributed by atoms with E-state index in [2.05, 4.69) is 4.98 Å². The highest BCUT2D eigenvalue weighted by Gasteiger charge is 2.24. The van der Waals surface area contributed by atoms with Crippen molar-refractivity contribution in [1.82, 2.24) is 9.29 Å². The van der Waals surface area contributed by atoms with E-state index >= 15 is 0 Å². The molecular formula is C18H23N3O3S. The number of benzene rings is 1. The van der Waals surface area contributed by atoms with Crippen molar-refractivity contribution in [2.75, 3.05) is 26.0 Å². The number of aromatic nitrogens is 1. The average Bonchev–Trinajstić information content (AvgIpc) is 2.55. The molecule has 0 aliphatic rings. The highest BCUT2D eigenvalue weighted by Crippen LogP contribution is 2.25. The predicted octanol–water partition coefficient (Wildman–Crippen LogP) is 2.53. The quantitative estimate of drug-likeness (QED) is 0.839. The first kappa shape index (κ1) is 19.1. The number of rotatable bonds is 4. The van der Waals surface area contributed by atoms with Gasteiger partial charge in [0, 0.05) is 44.3 Å². The molecule has 0 unspecified atom stereocenters. The minimum atomic E-state index is -3.63. The molecule has 0 aliphatic carbocycles. The lowest BCUT2D eigenvalue weighted by molar-refractivity contribution is 0.0992. The molecule has 0 N–H and O–H groups in total. The van der Waals surface area contributed by atoms with Crippen molar-refractivity contribution in [1.29, 1.82) is 0 Å². The Hall–Kier alpha value is -2.25. The highest BCUT2D eigenvalue weighted by molar-refractivity contribution is 7.89. The molecule has 0 atom stereocenters. The summed E-state index contributed by atoms with van der Waals surface area (Å²) in [6.07, 6.45) is 1.64. The largest absolute Gasteiger partial charge is 0.311 e. The minimum Gasteiger partial charge on any atom is -0.311 e. The summed E-state index contributed by atoms with van der Waals surface area (Å²) in [5.74, 6) is -0.274. The van der Waals surface area contributed by atoms with Gasteiger partial charge in [-0.2, -0.15) is 0 Å². The van der Waals surface area contributed by atoms with Crippen molar-refractivity contribution >= 4 is 21.6 Å². The van der Waals surface area contributed by atoms with Gasteiger partial charge in [0.15, 0.2) is 0 Å². The van der Waals surface area contributed by atoms with E-state index in [1.165, 1.54) is 25.1 Å². The topological polar surface area (TPSA) is 70.6 Å². The molecule has 1 aromatic carbocycles. The van der Waals surface area contributed by atoms with Gasteiger partial charge in [0.05, 0.1) is 4.90 Å². The number of amides is 1. The van der Waals surface area contributed by atoms with Crippen molar-refractivity contribution in [3.8, 4) is 0 Å². The number of sulfonamides is 1. The van der Waals surface area contributed by atoms with Crippen LogP contribution >= 0.6 is 0 Å². The SMILES string of the molecule is Cc1cc(N(C)C(=O)c2cc(C)c(C)c(S(=O)(=O)N(C)C)c2)ccn1. The Morgan fingerprint density at radius 3 is 2.24 bits per heavy atom. The smallest absolute Gasteiger partial charge is 0.258 e. The summed E-state index contributed by atoms with van der Waals surface area (Å²) in [4.78, 5) is 18.6. The molecule has 1 amide bonds. The van der Waals surface area contributed by atoms with Gasteiger partial charge in [-0.05, 0) is 56.2 Å². The van der Waals surface area contributed by atoms with Gasteiger partial charge in [0.25, 0.3) is 5.91 Å². The highest BCUT2D eigenvalue weighted by atomic mass is 32.2. The van der Waals surface area contributed by atoms with E-state index in [4.69, 9.17) is 0 Å². The van der Waals surface area contributed by atoms with Gasteiger partial charge in [-0.15, -0.1) is 0 Å². The van der Waals surface area contributed by atoms with E-state index in [1.54, 1.807) is 45.3 Å². The summed E-state index contributed by atoms with van der Waals surface area (Å²) in [6.45, 7) is 5.40. The van der Waals surface area contributed by atoms with Gasteiger partial charge >= 0.3 is 0 Å². The molecule has 0 fully saturated rings. The summed E-state index contributed by atoms with van der Waals surface area (Å²) in [5, 5.41) is 0. The monoisotopic (exact) mass is 361 g/mol. The van der Waals surface area contributed by atoms with E-state index in [1.807, 2.05) is 6.92 Å². The molecular weight excluding hydrogens is 338 g/mol. The number of carbonyl (C=O) groups is 1. The van der Waals surface area contributed by atoms with Crippen LogP contribution < -0.4 is 4.90 Å². The van der Waals surface area contributed by atoms with Crippen molar-refractivity contribution in [2.24, 2.45) is 0 Å². The van der Waals surface area contributed by atoms with E-state index in [-0.39, 0.29) is 10.8 Å². The lowest BCUT2D eigenvalue weighted by Gasteiger charge is -2.20. The number of anilines is 1. The van der Waals surface area contributed by atoms with Crippen LogP contribution in [0.1, 0.15) is 27.2 Å². The fraction of sp³-hybridized carbons (Fsp3) is 0.333. The van der Waals surface area contributed by atoms with Crippen LogP contribution in [0.15, 0.2) is 35.4 Å². The molecule has 1 aromatic heterocycles. The molecule has 0 spiro atoms. The van der Waals surface area contributed by atoms with E-state index in [0.29, 0.717) is 16.8 Å². The second-order valence-electron chi connectivity index (χ2n) is 6.22. The minimum absolute atomic E-state index is 0.153. The second kappa shape index (κ2) is 6.93. The molecule has 1 heterocycles. The maximum atomic E-state index is 12.9. The molecule has 7 heteroatoms. The van der Waals surface area contributed by atoms with E-state index < -0.39 is 10.0 Å². The molecule has 0 saturated heterocycles. The second-order valence-corrected chi connectivity index (χ2v) is 8.34. The molecule has 0 saturated carbocycles. The first-order valence-corrected chi connectivity index (χ1v) is 9.24. The van der Waals surface area contributed by atoms with Gasteiger partial charge in [-0.1, -0.05) is 0 Å². The first-order chi connectivity index (χ1) is 11.6. The number of hydrogen-bond acceptors (Lipinski definition) is 4. The number of hydrogen-bond donors (Lipinski definition) is 0. The van der Waals surface area contributed by atoms with Gasteiger partial charge in [0.1, 0.15) is 0 Å². The summed E-state index contributed by atoms with van der Waals surface area (Å²) in [6, 6.07) is 6.71. The van der Waals surface area contributed by atoms with Crippen molar-refractivity contribution < 1.29 is 13.2 Å². The van der Waals surface area contributed by atoms with Gasteiger partial charge in [-0.25, -0.2) is 12.7 Å².